The molecule has 19 heavy (non-hydrogen) atoms. The fourth-order valence-corrected chi connectivity index (χ4v) is 3.44. The molecule has 0 radical (unpaired) electrons. The number of rotatable bonds is 2. The van der Waals surface area contributed by atoms with E-state index >= 15 is 0 Å². The molecule has 2 rings (SSSR count). The van der Waals surface area contributed by atoms with Crippen molar-refractivity contribution in [2.45, 2.75) is 52.1 Å². The van der Waals surface area contributed by atoms with Crippen molar-refractivity contribution in [3.8, 4) is 0 Å². The van der Waals surface area contributed by atoms with Crippen molar-refractivity contribution in [3.05, 3.63) is 0 Å². The molecule has 0 spiro atoms. The maximum absolute atomic E-state index is 12.0. The van der Waals surface area contributed by atoms with E-state index in [0.717, 1.165) is 32.7 Å². The molecule has 0 aromatic heterocycles. The van der Waals surface area contributed by atoms with Crippen LogP contribution in [0.4, 0.5) is 0 Å². The SMILES string of the molecule is CC(C)C(=O)N1CCN(C2CCCNC2(C)C)CC1. The summed E-state index contributed by atoms with van der Waals surface area (Å²) >= 11 is 0. The zero-order valence-electron chi connectivity index (χ0n) is 12.9. The van der Waals surface area contributed by atoms with Gasteiger partial charge in [0.2, 0.25) is 5.91 Å². The summed E-state index contributed by atoms with van der Waals surface area (Å²) in [4.78, 5) is 16.6. The number of carbonyl (C=O) groups is 1. The first-order chi connectivity index (χ1) is 8.92. The van der Waals surface area contributed by atoms with Crippen LogP contribution in [0, 0.1) is 5.92 Å². The summed E-state index contributed by atoms with van der Waals surface area (Å²) < 4.78 is 0. The lowest BCUT2D eigenvalue weighted by Gasteiger charge is -2.48. The number of nitrogens with one attached hydrogen (secondary N) is 1. The fraction of sp³-hybridized carbons (Fsp3) is 0.933. The molecule has 1 unspecified atom stereocenters. The van der Waals surface area contributed by atoms with Gasteiger partial charge in [-0.05, 0) is 33.2 Å². The van der Waals surface area contributed by atoms with Gasteiger partial charge in [-0.15, -0.1) is 0 Å². The molecule has 0 bridgehead atoms. The molecule has 2 heterocycles. The van der Waals surface area contributed by atoms with Crippen LogP contribution in [0.1, 0.15) is 40.5 Å². The van der Waals surface area contributed by atoms with Crippen LogP contribution < -0.4 is 5.32 Å². The third kappa shape index (κ3) is 3.29. The molecule has 0 aromatic rings. The number of carbonyl (C=O) groups excluding carboxylic acids is 1. The number of nitrogens with zero attached hydrogens (tertiary/aromatic N) is 2. The maximum atomic E-state index is 12.0. The summed E-state index contributed by atoms with van der Waals surface area (Å²) in [5, 5.41) is 3.64. The van der Waals surface area contributed by atoms with Crippen molar-refractivity contribution in [1.29, 1.82) is 0 Å². The van der Waals surface area contributed by atoms with E-state index in [2.05, 4.69) is 24.1 Å². The van der Waals surface area contributed by atoms with E-state index in [1.807, 2.05) is 18.7 Å². The van der Waals surface area contributed by atoms with Crippen LogP contribution in [0.2, 0.25) is 0 Å². The molecule has 2 aliphatic heterocycles. The van der Waals surface area contributed by atoms with Crippen molar-refractivity contribution in [2.75, 3.05) is 32.7 Å². The lowest BCUT2D eigenvalue weighted by atomic mass is 9.85. The molecule has 1 atom stereocenters. The van der Waals surface area contributed by atoms with E-state index in [1.165, 1.54) is 12.8 Å². The van der Waals surface area contributed by atoms with Gasteiger partial charge in [0.25, 0.3) is 0 Å². The van der Waals surface area contributed by atoms with Crippen molar-refractivity contribution in [2.24, 2.45) is 5.92 Å². The second-order valence-electron chi connectivity index (χ2n) is 6.82. The molecule has 4 heteroatoms. The van der Waals surface area contributed by atoms with E-state index in [0.29, 0.717) is 11.9 Å². The first-order valence-corrected chi connectivity index (χ1v) is 7.69. The predicted molar refractivity (Wildman–Crippen MR) is 78.1 cm³/mol. The van der Waals surface area contributed by atoms with Crippen LogP contribution in [0.15, 0.2) is 0 Å². The average molecular weight is 267 g/mol. The second kappa shape index (κ2) is 5.80. The quantitative estimate of drug-likeness (QED) is 0.819. The van der Waals surface area contributed by atoms with Crippen molar-refractivity contribution < 1.29 is 4.79 Å². The van der Waals surface area contributed by atoms with E-state index in [9.17, 15) is 4.79 Å². The molecular weight excluding hydrogens is 238 g/mol. The van der Waals surface area contributed by atoms with E-state index in [4.69, 9.17) is 0 Å². The highest BCUT2D eigenvalue weighted by Crippen LogP contribution is 2.25. The Morgan fingerprint density at radius 1 is 1.21 bits per heavy atom. The Balaban J connectivity index is 1.91. The number of amides is 1. The maximum Gasteiger partial charge on any atom is 0.225 e. The predicted octanol–water partition coefficient (Wildman–Crippen LogP) is 1.32. The molecular formula is C15H29N3O. The van der Waals surface area contributed by atoms with E-state index < -0.39 is 0 Å². The third-order valence-corrected chi connectivity index (χ3v) is 4.63. The van der Waals surface area contributed by atoms with Crippen LogP contribution in [0.3, 0.4) is 0 Å². The Morgan fingerprint density at radius 3 is 2.37 bits per heavy atom. The van der Waals surface area contributed by atoms with Crippen molar-refractivity contribution >= 4 is 5.91 Å². The van der Waals surface area contributed by atoms with Gasteiger partial charge in [-0.1, -0.05) is 13.8 Å². The Bertz CT molecular complexity index is 319. The van der Waals surface area contributed by atoms with Gasteiger partial charge < -0.3 is 10.2 Å². The van der Waals surface area contributed by atoms with Gasteiger partial charge in [0.05, 0.1) is 0 Å². The van der Waals surface area contributed by atoms with Crippen LogP contribution in [0.5, 0.6) is 0 Å². The topological polar surface area (TPSA) is 35.6 Å². The summed E-state index contributed by atoms with van der Waals surface area (Å²) in [7, 11) is 0. The van der Waals surface area contributed by atoms with Crippen LogP contribution >= 0.6 is 0 Å². The molecule has 0 saturated carbocycles. The minimum Gasteiger partial charge on any atom is -0.340 e. The van der Waals surface area contributed by atoms with Gasteiger partial charge in [-0.25, -0.2) is 0 Å². The van der Waals surface area contributed by atoms with Gasteiger partial charge in [0.15, 0.2) is 0 Å². The molecule has 2 aliphatic rings. The summed E-state index contributed by atoms with van der Waals surface area (Å²) in [5.74, 6) is 0.431. The zero-order valence-corrected chi connectivity index (χ0v) is 12.9. The van der Waals surface area contributed by atoms with Crippen LogP contribution in [0.25, 0.3) is 0 Å². The normalized spacial score (nSPS) is 28.7. The second-order valence-corrected chi connectivity index (χ2v) is 6.82. The number of hydrogen-bond donors (Lipinski definition) is 1. The highest BCUT2D eigenvalue weighted by Gasteiger charge is 2.37. The Kier molecular flexibility index (Phi) is 4.51. The number of piperidine rings is 1. The van der Waals surface area contributed by atoms with Gasteiger partial charge in [-0.2, -0.15) is 0 Å². The first kappa shape index (κ1) is 14.8. The summed E-state index contributed by atoms with van der Waals surface area (Å²) in [6, 6.07) is 0.609. The van der Waals surface area contributed by atoms with Crippen LogP contribution in [-0.4, -0.2) is 60.0 Å². The summed E-state index contributed by atoms with van der Waals surface area (Å²) in [5.41, 5.74) is 0.197. The molecule has 2 fully saturated rings. The largest absolute Gasteiger partial charge is 0.340 e. The van der Waals surface area contributed by atoms with E-state index in [-0.39, 0.29) is 11.5 Å². The smallest absolute Gasteiger partial charge is 0.225 e. The molecule has 0 aliphatic carbocycles. The van der Waals surface area contributed by atoms with Crippen LogP contribution in [-0.2, 0) is 4.79 Å². The van der Waals surface area contributed by atoms with Crippen molar-refractivity contribution in [3.63, 3.8) is 0 Å². The lowest BCUT2D eigenvalue weighted by Crippen LogP contribution is -2.63. The minimum absolute atomic E-state index is 0.124. The molecule has 110 valence electrons. The third-order valence-electron chi connectivity index (χ3n) is 4.63. The van der Waals surface area contributed by atoms with Gasteiger partial charge in [0.1, 0.15) is 0 Å². The first-order valence-electron chi connectivity index (χ1n) is 7.69. The minimum atomic E-state index is 0.124. The molecule has 1 amide bonds. The average Bonchev–Trinajstić information content (AvgIpc) is 2.37. The summed E-state index contributed by atoms with van der Waals surface area (Å²) in [6.45, 7) is 13.6. The van der Waals surface area contributed by atoms with Gasteiger partial charge in [-0.3, -0.25) is 9.69 Å². The number of piperazine rings is 1. The standard InChI is InChI=1S/C15H29N3O/c1-12(2)14(19)18-10-8-17(9-11-18)13-6-5-7-16-15(13,3)4/h12-13,16H,5-11H2,1-4H3. The molecule has 2 saturated heterocycles. The summed E-state index contributed by atoms with van der Waals surface area (Å²) in [6.07, 6.45) is 2.54. The van der Waals surface area contributed by atoms with Crippen molar-refractivity contribution in [1.82, 2.24) is 15.1 Å². The van der Waals surface area contributed by atoms with Gasteiger partial charge >= 0.3 is 0 Å². The lowest BCUT2D eigenvalue weighted by molar-refractivity contribution is -0.136. The Hall–Kier alpha value is -0.610. The molecule has 4 nitrogen and oxygen atoms in total. The fourth-order valence-electron chi connectivity index (χ4n) is 3.44. The molecule has 0 aromatic carbocycles. The zero-order chi connectivity index (χ0) is 14.0. The number of hydrogen-bond acceptors (Lipinski definition) is 3. The Morgan fingerprint density at radius 2 is 1.84 bits per heavy atom. The molecule has 1 N–H and O–H groups in total. The van der Waals surface area contributed by atoms with Gasteiger partial charge in [0, 0.05) is 43.7 Å². The Labute approximate surface area is 117 Å². The highest BCUT2D eigenvalue weighted by molar-refractivity contribution is 5.78. The highest BCUT2D eigenvalue weighted by atomic mass is 16.2. The van der Waals surface area contributed by atoms with E-state index in [1.54, 1.807) is 0 Å². The monoisotopic (exact) mass is 267 g/mol.